The van der Waals surface area contributed by atoms with Gasteiger partial charge in [-0.1, -0.05) is 6.07 Å². The van der Waals surface area contributed by atoms with Crippen molar-refractivity contribution in [1.82, 2.24) is 4.98 Å². The molecule has 0 amide bonds. The number of hydrogen-bond acceptors (Lipinski definition) is 4. The number of benzene rings is 1. The monoisotopic (exact) mass is 291 g/mol. The zero-order valence-electron chi connectivity index (χ0n) is 11.7. The maximum absolute atomic E-state index is 12.6. The van der Waals surface area contributed by atoms with Gasteiger partial charge in [0.1, 0.15) is 17.1 Å². The van der Waals surface area contributed by atoms with Crippen LogP contribution in [0.4, 0.5) is 0 Å². The van der Waals surface area contributed by atoms with Crippen LogP contribution in [0.2, 0.25) is 0 Å². The maximum atomic E-state index is 12.6. The molecule has 4 rings (SSSR count). The van der Waals surface area contributed by atoms with Crippen molar-refractivity contribution in [2.45, 2.75) is 12.8 Å². The van der Waals surface area contributed by atoms with Crippen molar-refractivity contribution in [2.24, 2.45) is 0 Å². The van der Waals surface area contributed by atoms with E-state index >= 15 is 0 Å². The molecule has 2 heterocycles. The Labute approximate surface area is 126 Å². The molecular formula is C18H13NO3. The molecule has 0 fully saturated rings. The molecule has 22 heavy (non-hydrogen) atoms. The Morgan fingerprint density at radius 2 is 2.09 bits per heavy atom. The highest BCUT2D eigenvalue weighted by Crippen LogP contribution is 2.34. The summed E-state index contributed by atoms with van der Waals surface area (Å²) in [6.07, 6.45) is 5.11. The number of aromatic hydroxyl groups is 1. The fourth-order valence-electron chi connectivity index (χ4n) is 2.86. The van der Waals surface area contributed by atoms with Gasteiger partial charge in [-0.15, -0.1) is 0 Å². The molecule has 1 aromatic carbocycles. The first-order chi connectivity index (χ1) is 10.7. The van der Waals surface area contributed by atoms with Gasteiger partial charge in [-0.05, 0) is 54.8 Å². The Morgan fingerprint density at radius 1 is 1.18 bits per heavy atom. The number of rotatable bonds is 1. The van der Waals surface area contributed by atoms with Crippen LogP contribution in [0.3, 0.4) is 0 Å². The summed E-state index contributed by atoms with van der Waals surface area (Å²) < 4.78 is 5.92. The fraction of sp³-hybridized carbons (Fsp3) is 0.111. The number of allylic oxidation sites excluding steroid dienone is 1. The first-order valence-electron chi connectivity index (χ1n) is 7.13. The number of aromatic nitrogens is 1. The normalized spacial score (nSPS) is 15.4. The van der Waals surface area contributed by atoms with Crippen LogP contribution in [0.5, 0.6) is 5.75 Å². The van der Waals surface area contributed by atoms with Gasteiger partial charge in [0.25, 0.3) is 0 Å². The third-order valence-corrected chi connectivity index (χ3v) is 3.91. The average molecular weight is 291 g/mol. The summed E-state index contributed by atoms with van der Waals surface area (Å²) in [5.41, 5.74) is 2.95. The van der Waals surface area contributed by atoms with Crippen molar-refractivity contribution in [3.63, 3.8) is 0 Å². The van der Waals surface area contributed by atoms with E-state index in [0.717, 1.165) is 17.7 Å². The zero-order chi connectivity index (χ0) is 15.1. The smallest absolute Gasteiger partial charge is 0.196 e. The largest absolute Gasteiger partial charge is 0.508 e. The van der Waals surface area contributed by atoms with Crippen molar-refractivity contribution in [2.75, 3.05) is 0 Å². The molecule has 0 unspecified atom stereocenters. The number of fused-ring (bicyclic) bond motifs is 2. The standard InChI is InChI=1S/C18H13NO3/c20-13-5-7-16-15(10-13)17(21)14-6-4-11(18(14)22-16)9-12-3-1-2-8-19-12/h1-3,5,7-10,20H,4,6H2/b11-9+. The first-order valence-corrected chi connectivity index (χ1v) is 7.13. The molecule has 0 spiro atoms. The van der Waals surface area contributed by atoms with Crippen molar-refractivity contribution in [3.8, 4) is 5.75 Å². The molecule has 2 aromatic heterocycles. The summed E-state index contributed by atoms with van der Waals surface area (Å²) in [5.74, 6) is 0.718. The van der Waals surface area contributed by atoms with Crippen LogP contribution in [0.15, 0.2) is 51.8 Å². The van der Waals surface area contributed by atoms with E-state index in [4.69, 9.17) is 4.42 Å². The van der Waals surface area contributed by atoms with Gasteiger partial charge in [0.15, 0.2) is 5.43 Å². The first kappa shape index (κ1) is 12.8. The van der Waals surface area contributed by atoms with Crippen LogP contribution in [0.1, 0.15) is 23.4 Å². The van der Waals surface area contributed by atoms with Gasteiger partial charge >= 0.3 is 0 Å². The lowest BCUT2D eigenvalue weighted by Gasteiger charge is -2.04. The van der Waals surface area contributed by atoms with Crippen LogP contribution >= 0.6 is 0 Å². The van der Waals surface area contributed by atoms with Crippen molar-refractivity contribution in [3.05, 3.63) is 69.8 Å². The van der Waals surface area contributed by atoms with E-state index in [2.05, 4.69) is 4.98 Å². The van der Waals surface area contributed by atoms with Crippen LogP contribution in [-0.4, -0.2) is 10.1 Å². The van der Waals surface area contributed by atoms with Crippen molar-refractivity contribution < 1.29 is 9.52 Å². The molecule has 4 nitrogen and oxygen atoms in total. The second-order valence-corrected chi connectivity index (χ2v) is 5.34. The quantitative estimate of drug-likeness (QED) is 0.746. The lowest BCUT2D eigenvalue weighted by Crippen LogP contribution is -2.08. The van der Waals surface area contributed by atoms with Gasteiger partial charge in [0.05, 0.1) is 11.1 Å². The van der Waals surface area contributed by atoms with Gasteiger partial charge in [-0.3, -0.25) is 9.78 Å². The molecular weight excluding hydrogens is 278 g/mol. The van der Waals surface area contributed by atoms with E-state index in [1.54, 1.807) is 12.3 Å². The summed E-state index contributed by atoms with van der Waals surface area (Å²) in [4.78, 5) is 16.8. The number of phenolic OH excluding ortho intramolecular Hbond substituents is 1. The molecule has 0 radical (unpaired) electrons. The molecule has 4 heteroatoms. The molecule has 3 aromatic rings. The van der Waals surface area contributed by atoms with E-state index in [9.17, 15) is 9.90 Å². The molecule has 0 atom stereocenters. The Hall–Kier alpha value is -2.88. The number of pyridine rings is 1. The highest BCUT2D eigenvalue weighted by molar-refractivity contribution is 5.86. The van der Waals surface area contributed by atoms with Crippen LogP contribution in [0.25, 0.3) is 22.6 Å². The van der Waals surface area contributed by atoms with Gasteiger partial charge in [0, 0.05) is 11.8 Å². The minimum atomic E-state index is -0.0587. The summed E-state index contributed by atoms with van der Waals surface area (Å²) in [6.45, 7) is 0. The summed E-state index contributed by atoms with van der Waals surface area (Å²) >= 11 is 0. The van der Waals surface area contributed by atoms with E-state index in [0.29, 0.717) is 28.7 Å². The lowest BCUT2D eigenvalue weighted by molar-refractivity contribution is 0.475. The predicted octanol–water partition coefficient (Wildman–Crippen LogP) is 3.38. The van der Waals surface area contributed by atoms with Gasteiger partial charge in [-0.2, -0.15) is 0 Å². The summed E-state index contributed by atoms with van der Waals surface area (Å²) in [6, 6.07) is 10.3. The topological polar surface area (TPSA) is 63.3 Å². The Morgan fingerprint density at radius 3 is 2.91 bits per heavy atom. The van der Waals surface area contributed by atoms with Gasteiger partial charge < -0.3 is 9.52 Å². The predicted molar refractivity (Wildman–Crippen MR) is 84.6 cm³/mol. The highest BCUT2D eigenvalue weighted by Gasteiger charge is 2.24. The molecule has 1 aliphatic carbocycles. The molecule has 1 aliphatic rings. The average Bonchev–Trinajstić information content (AvgIpc) is 2.93. The Bertz CT molecular complexity index is 955. The van der Waals surface area contributed by atoms with Gasteiger partial charge in [0.2, 0.25) is 0 Å². The minimum Gasteiger partial charge on any atom is -0.508 e. The van der Waals surface area contributed by atoms with Crippen LogP contribution < -0.4 is 5.43 Å². The molecule has 0 aliphatic heterocycles. The molecule has 1 N–H and O–H groups in total. The highest BCUT2D eigenvalue weighted by atomic mass is 16.3. The molecule has 0 saturated carbocycles. The number of hydrogen-bond donors (Lipinski definition) is 1. The van der Waals surface area contributed by atoms with Crippen molar-refractivity contribution >= 4 is 22.6 Å². The Kier molecular flexibility index (Phi) is 2.82. The molecule has 0 bridgehead atoms. The van der Waals surface area contributed by atoms with Crippen molar-refractivity contribution in [1.29, 1.82) is 0 Å². The molecule has 108 valence electrons. The van der Waals surface area contributed by atoms with Crippen LogP contribution in [-0.2, 0) is 6.42 Å². The SMILES string of the molecule is O=c1c2c(oc3ccc(O)cc13)/C(=C/c1ccccn1)CC2. The summed E-state index contributed by atoms with van der Waals surface area (Å²) in [5, 5.41) is 9.98. The minimum absolute atomic E-state index is 0.0587. The third-order valence-electron chi connectivity index (χ3n) is 3.91. The van der Waals surface area contributed by atoms with E-state index in [-0.39, 0.29) is 11.2 Å². The molecule has 0 saturated heterocycles. The second kappa shape index (κ2) is 4.84. The fourth-order valence-corrected chi connectivity index (χ4v) is 2.86. The summed E-state index contributed by atoms with van der Waals surface area (Å²) in [7, 11) is 0. The third kappa shape index (κ3) is 2.00. The zero-order valence-corrected chi connectivity index (χ0v) is 11.7. The van der Waals surface area contributed by atoms with E-state index in [1.165, 1.54) is 12.1 Å². The van der Waals surface area contributed by atoms with Gasteiger partial charge in [-0.25, -0.2) is 0 Å². The maximum Gasteiger partial charge on any atom is 0.196 e. The van der Waals surface area contributed by atoms with E-state index in [1.807, 2.05) is 24.3 Å². The Balaban J connectivity index is 1.92. The number of nitrogens with zero attached hydrogens (tertiary/aromatic N) is 1. The number of phenols is 1. The second-order valence-electron chi connectivity index (χ2n) is 5.34. The van der Waals surface area contributed by atoms with Crippen LogP contribution in [0, 0.1) is 0 Å². The van der Waals surface area contributed by atoms with E-state index < -0.39 is 0 Å². The lowest BCUT2D eigenvalue weighted by atomic mass is 10.1.